The number of thioether (sulfide) groups is 1. The van der Waals surface area contributed by atoms with Crippen LogP contribution in [0.2, 0.25) is 0 Å². The number of esters is 1. The number of nitrogens with one attached hydrogen (secondary N) is 3. The van der Waals surface area contributed by atoms with Gasteiger partial charge in [-0.1, -0.05) is 17.7 Å². The molecule has 3 N–H and O–H groups in total. The molecule has 0 spiro atoms. The average molecular weight is 367 g/mol. The van der Waals surface area contributed by atoms with Gasteiger partial charge in [-0.05, 0) is 26.0 Å². The number of aryl methyl sites for hydroxylation is 1. The number of ether oxygens (including phenoxy) is 1. The van der Waals surface area contributed by atoms with E-state index in [9.17, 15) is 19.2 Å². The lowest BCUT2D eigenvalue weighted by Gasteiger charge is -2.12. The number of imide groups is 1. The van der Waals surface area contributed by atoms with Crippen LogP contribution in [0.4, 0.5) is 10.5 Å². The lowest BCUT2D eigenvalue weighted by atomic mass is 10.2. The third kappa shape index (κ3) is 8.20. The number of rotatable bonds is 7. The second kappa shape index (κ2) is 10.3. The minimum absolute atomic E-state index is 0.0712. The second-order valence-corrected chi connectivity index (χ2v) is 6.09. The Morgan fingerprint density at radius 3 is 2.36 bits per heavy atom. The van der Waals surface area contributed by atoms with Crippen LogP contribution in [0.25, 0.3) is 0 Å². The molecule has 1 aromatic rings. The Bertz CT molecular complexity index is 633. The first-order valence-corrected chi connectivity index (χ1v) is 8.63. The average Bonchev–Trinajstić information content (AvgIpc) is 2.56. The highest BCUT2D eigenvalue weighted by molar-refractivity contribution is 8.00. The van der Waals surface area contributed by atoms with Gasteiger partial charge in [0.15, 0.2) is 6.10 Å². The Labute approximate surface area is 150 Å². The van der Waals surface area contributed by atoms with Gasteiger partial charge in [0, 0.05) is 12.7 Å². The summed E-state index contributed by atoms with van der Waals surface area (Å²) in [6, 6.07) is 6.66. The van der Waals surface area contributed by atoms with E-state index in [1.54, 1.807) is 12.1 Å². The monoisotopic (exact) mass is 367 g/mol. The van der Waals surface area contributed by atoms with E-state index in [4.69, 9.17) is 4.74 Å². The van der Waals surface area contributed by atoms with Gasteiger partial charge in [0.05, 0.1) is 11.5 Å². The molecule has 0 fully saturated rings. The van der Waals surface area contributed by atoms with Crippen LogP contribution in [0.3, 0.4) is 0 Å². The van der Waals surface area contributed by atoms with Crippen molar-refractivity contribution < 1.29 is 23.9 Å². The van der Waals surface area contributed by atoms with Crippen molar-refractivity contribution in [2.24, 2.45) is 0 Å². The van der Waals surface area contributed by atoms with Crippen molar-refractivity contribution in [1.29, 1.82) is 0 Å². The largest absolute Gasteiger partial charge is 0.452 e. The standard InChI is InChI=1S/C16H21N3O5S/c1-10-4-6-12(7-5-10)18-13(20)8-25-9-14(21)24-11(2)15(22)19-16(23)17-3/h4-7,11H,8-9H2,1-3H3,(H,18,20)(H2,17,19,22,23)/t11-/m1/s1. The van der Waals surface area contributed by atoms with E-state index in [-0.39, 0.29) is 17.4 Å². The molecule has 0 aromatic heterocycles. The number of hydrogen-bond donors (Lipinski definition) is 3. The third-order valence-corrected chi connectivity index (χ3v) is 3.84. The van der Waals surface area contributed by atoms with Crippen LogP contribution in [-0.4, -0.2) is 48.5 Å². The highest BCUT2D eigenvalue weighted by atomic mass is 32.2. The highest BCUT2D eigenvalue weighted by Gasteiger charge is 2.19. The summed E-state index contributed by atoms with van der Waals surface area (Å²) in [5.41, 5.74) is 1.77. The fraction of sp³-hybridized carbons (Fsp3) is 0.375. The first kappa shape index (κ1) is 20.5. The molecule has 0 saturated carbocycles. The molecule has 0 unspecified atom stereocenters. The maximum atomic E-state index is 11.8. The lowest BCUT2D eigenvalue weighted by molar-refractivity contribution is -0.151. The summed E-state index contributed by atoms with van der Waals surface area (Å²) in [5, 5.41) is 6.93. The van der Waals surface area contributed by atoms with E-state index in [0.717, 1.165) is 17.3 Å². The van der Waals surface area contributed by atoms with Crippen LogP contribution in [0.15, 0.2) is 24.3 Å². The van der Waals surface area contributed by atoms with Crippen LogP contribution < -0.4 is 16.0 Å². The fourth-order valence-electron chi connectivity index (χ4n) is 1.62. The van der Waals surface area contributed by atoms with Gasteiger partial charge in [0.2, 0.25) is 5.91 Å². The lowest BCUT2D eigenvalue weighted by Crippen LogP contribution is -2.43. The van der Waals surface area contributed by atoms with E-state index in [2.05, 4.69) is 10.6 Å². The summed E-state index contributed by atoms with van der Waals surface area (Å²) in [7, 11) is 1.36. The number of hydrogen-bond acceptors (Lipinski definition) is 6. The molecule has 8 nitrogen and oxygen atoms in total. The zero-order valence-electron chi connectivity index (χ0n) is 14.3. The minimum Gasteiger partial charge on any atom is -0.452 e. The van der Waals surface area contributed by atoms with E-state index >= 15 is 0 Å². The highest BCUT2D eigenvalue weighted by Crippen LogP contribution is 2.10. The number of amides is 4. The van der Waals surface area contributed by atoms with Crippen molar-refractivity contribution in [3.63, 3.8) is 0 Å². The van der Waals surface area contributed by atoms with Crippen molar-refractivity contribution in [2.45, 2.75) is 20.0 Å². The molecule has 0 heterocycles. The second-order valence-electron chi connectivity index (χ2n) is 5.11. The summed E-state index contributed by atoms with van der Waals surface area (Å²) >= 11 is 1.07. The number of anilines is 1. The van der Waals surface area contributed by atoms with Crippen LogP contribution in [0.1, 0.15) is 12.5 Å². The summed E-state index contributed by atoms with van der Waals surface area (Å²) in [6.07, 6.45) is -1.10. The van der Waals surface area contributed by atoms with Gasteiger partial charge in [0.25, 0.3) is 5.91 Å². The Hall–Kier alpha value is -2.55. The molecular weight excluding hydrogens is 346 g/mol. The smallest absolute Gasteiger partial charge is 0.321 e. The van der Waals surface area contributed by atoms with Gasteiger partial charge in [-0.3, -0.25) is 19.7 Å². The molecule has 136 valence electrons. The van der Waals surface area contributed by atoms with Crippen LogP contribution in [-0.2, 0) is 19.1 Å². The van der Waals surface area contributed by atoms with Crippen molar-refractivity contribution in [3.05, 3.63) is 29.8 Å². The van der Waals surface area contributed by atoms with Gasteiger partial charge >= 0.3 is 12.0 Å². The van der Waals surface area contributed by atoms with Crippen molar-refractivity contribution in [3.8, 4) is 0 Å². The van der Waals surface area contributed by atoms with E-state index in [1.165, 1.54) is 14.0 Å². The first-order chi connectivity index (χ1) is 11.8. The molecule has 0 aliphatic rings. The zero-order valence-corrected chi connectivity index (χ0v) is 15.1. The molecule has 0 aliphatic carbocycles. The first-order valence-electron chi connectivity index (χ1n) is 7.48. The molecule has 0 aliphatic heterocycles. The van der Waals surface area contributed by atoms with E-state index in [1.807, 2.05) is 24.4 Å². The van der Waals surface area contributed by atoms with Crippen molar-refractivity contribution in [1.82, 2.24) is 10.6 Å². The van der Waals surface area contributed by atoms with E-state index in [0.29, 0.717) is 5.69 Å². The molecular formula is C16H21N3O5S. The Kier molecular flexibility index (Phi) is 8.48. The number of carbonyl (C=O) groups excluding carboxylic acids is 4. The molecule has 4 amide bonds. The molecule has 0 radical (unpaired) electrons. The summed E-state index contributed by atoms with van der Waals surface area (Å²) in [6.45, 7) is 3.30. The van der Waals surface area contributed by atoms with Crippen molar-refractivity contribution >= 4 is 41.3 Å². The van der Waals surface area contributed by atoms with E-state index < -0.39 is 24.0 Å². The topological polar surface area (TPSA) is 114 Å². The molecule has 1 aromatic carbocycles. The molecule has 9 heteroatoms. The molecule has 0 saturated heterocycles. The molecule has 0 bridgehead atoms. The predicted octanol–water partition coefficient (Wildman–Crippen LogP) is 1.05. The van der Waals surface area contributed by atoms with Gasteiger partial charge < -0.3 is 15.4 Å². The van der Waals surface area contributed by atoms with Crippen molar-refractivity contribution in [2.75, 3.05) is 23.9 Å². The van der Waals surface area contributed by atoms with Gasteiger partial charge in [-0.2, -0.15) is 0 Å². The molecule has 1 atom stereocenters. The predicted molar refractivity (Wildman–Crippen MR) is 95.3 cm³/mol. The van der Waals surface area contributed by atoms with Gasteiger partial charge in [0.1, 0.15) is 0 Å². The Morgan fingerprint density at radius 2 is 1.76 bits per heavy atom. The summed E-state index contributed by atoms with van der Waals surface area (Å²) in [5.74, 6) is -1.63. The van der Waals surface area contributed by atoms with Crippen LogP contribution in [0, 0.1) is 6.92 Å². The third-order valence-electron chi connectivity index (χ3n) is 2.93. The Balaban J connectivity index is 2.27. The number of carbonyl (C=O) groups is 4. The Morgan fingerprint density at radius 1 is 1.12 bits per heavy atom. The normalized spacial score (nSPS) is 11.2. The maximum absolute atomic E-state index is 11.8. The maximum Gasteiger partial charge on any atom is 0.321 e. The van der Waals surface area contributed by atoms with Crippen LogP contribution in [0.5, 0.6) is 0 Å². The minimum atomic E-state index is -1.10. The molecule has 1 rings (SSSR count). The molecule has 25 heavy (non-hydrogen) atoms. The van der Waals surface area contributed by atoms with Gasteiger partial charge in [-0.25, -0.2) is 4.79 Å². The number of urea groups is 1. The number of benzene rings is 1. The summed E-state index contributed by atoms with van der Waals surface area (Å²) in [4.78, 5) is 45.9. The zero-order chi connectivity index (χ0) is 18.8. The SMILES string of the molecule is CNC(=O)NC(=O)[C@@H](C)OC(=O)CSCC(=O)Nc1ccc(C)cc1. The quantitative estimate of drug-likeness (QED) is 0.621. The summed E-state index contributed by atoms with van der Waals surface area (Å²) < 4.78 is 4.89. The van der Waals surface area contributed by atoms with Crippen LogP contribution >= 0.6 is 11.8 Å². The fourth-order valence-corrected chi connectivity index (χ4v) is 2.22. The van der Waals surface area contributed by atoms with Gasteiger partial charge in [-0.15, -0.1) is 11.8 Å².